The van der Waals surface area contributed by atoms with Crippen molar-refractivity contribution in [2.24, 2.45) is 0 Å². The second-order valence-corrected chi connectivity index (χ2v) is 10.2. The molecule has 2 saturated heterocycles. The van der Waals surface area contributed by atoms with Crippen LogP contribution >= 0.6 is 11.3 Å². The van der Waals surface area contributed by atoms with Crippen molar-refractivity contribution >= 4 is 17.2 Å². The summed E-state index contributed by atoms with van der Waals surface area (Å²) in [4.78, 5) is 22.2. The Kier molecular flexibility index (Phi) is 5.21. The fourth-order valence-corrected chi connectivity index (χ4v) is 6.27. The molecule has 2 aromatic rings. The van der Waals surface area contributed by atoms with E-state index < -0.39 is 0 Å². The molecule has 2 fully saturated rings. The predicted molar refractivity (Wildman–Crippen MR) is 117 cm³/mol. The number of aromatic nitrogens is 1. The van der Waals surface area contributed by atoms with Gasteiger partial charge in [-0.15, -0.1) is 11.3 Å². The Morgan fingerprint density at radius 1 is 1.03 bits per heavy atom. The topological polar surface area (TPSA) is 36.4 Å². The third kappa shape index (κ3) is 3.87. The van der Waals surface area contributed by atoms with E-state index in [1.54, 1.807) is 22.5 Å². The second-order valence-electron chi connectivity index (χ2n) is 9.15. The highest BCUT2D eigenvalue weighted by molar-refractivity contribution is 7.09. The fraction of sp³-hybridized carbons (Fsp3) is 0.583. The van der Waals surface area contributed by atoms with Crippen LogP contribution < -0.4 is 0 Å². The van der Waals surface area contributed by atoms with Crippen molar-refractivity contribution in [1.29, 1.82) is 0 Å². The molecular formula is C24H31N3OS. The Balaban J connectivity index is 1.27. The summed E-state index contributed by atoms with van der Waals surface area (Å²) in [6.07, 6.45) is 8.92. The number of amides is 1. The normalized spacial score (nSPS) is 25.0. The molecule has 1 aromatic carbocycles. The number of carbonyl (C=O) groups excluding carboxylic acids is 1. The largest absolute Gasteiger partial charge is 0.331 e. The van der Waals surface area contributed by atoms with Gasteiger partial charge in [0.05, 0.1) is 17.2 Å². The standard InChI is InChI=1S/C24H31N3OS/c1-18-25-22(17-29-18)16-27-23(28)8-10-24(27)9-3-12-26(13-11-24)15-19-6-7-20-4-2-5-21(20)14-19/h6-7,14,17H,2-5,8-13,15-16H2,1H3/t24-/m1/s1. The zero-order valence-corrected chi connectivity index (χ0v) is 18.3. The van der Waals surface area contributed by atoms with Gasteiger partial charge in [-0.3, -0.25) is 9.69 Å². The zero-order valence-electron chi connectivity index (χ0n) is 17.5. The monoisotopic (exact) mass is 409 g/mol. The number of fused-ring (bicyclic) bond motifs is 1. The summed E-state index contributed by atoms with van der Waals surface area (Å²) < 4.78 is 0. The van der Waals surface area contributed by atoms with Crippen LogP contribution in [-0.2, 0) is 30.7 Å². The maximum Gasteiger partial charge on any atom is 0.223 e. The third-order valence-electron chi connectivity index (χ3n) is 7.24. The fourth-order valence-electron chi connectivity index (χ4n) is 5.67. The van der Waals surface area contributed by atoms with Crippen molar-refractivity contribution in [3.63, 3.8) is 0 Å². The maximum atomic E-state index is 12.7. The molecule has 1 atom stereocenters. The van der Waals surface area contributed by atoms with E-state index in [9.17, 15) is 4.79 Å². The Morgan fingerprint density at radius 3 is 2.79 bits per heavy atom. The molecule has 0 unspecified atom stereocenters. The summed E-state index contributed by atoms with van der Waals surface area (Å²) in [6, 6.07) is 7.13. The number of hydrogen-bond acceptors (Lipinski definition) is 4. The molecule has 0 saturated carbocycles. The van der Waals surface area contributed by atoms with Crippen LogP contribution in [0.5, 0.6) is 0 Å². The van der Waals surface area contributed by atoms with Gasteiger partial charge in [0.1, 0.15) is 0 Å². The van der Waals surface area contributed by atoms with Crippen LogP contribution in [0.1, 0.15) is 65.9 Å². The van der Waals surface area contributed by atoms with E-state index in [1.807, 2.05) is 6.92 Å². The first-order valence-electron chi connectivity index (χ1n) is 11.2. The van der Waals surface area contributed by atoms with Crippen LogP contribution in [-0.4, -0.2) is 39.3 Å². The number of benzene rings is 1. The van der Waals surface area contributed by atoms with E-state index in [1.165, 1.54) is 31.2 Å². The lowest BCUT2D eigenvalue weighted by molar-refractivity contribution is -0.132. The van der Waals surface area contributed by atoms with E-state index in [0.29, 0.717) is 18.9 Å². The molecule has 1 amide bonds. The number of aryl methyl sites for hydroxylation is 3. The Labute approximate surface area is 177 Å². The Morgan fingerprint density at radius 2 is 1.93 bits per heavy atom. The Bertz CT molecular complexity index is 907. The van der Waals surface area contributed by atoms with Gasteiger partial charge in [0.2, 0.25) is 5.91 Å². The number of nitrogens with zero attached hydrogens (tertiary/aromatic N) is 3. The van der Waals surface area contributed by atoms with Crippen molar-refractivity contribution in [3.8, 4) is 0 Å². The van der Waals surface area contributed by atoms with E-state index in [0.717, 1.165) is 49.6 Å². The Hall–Kier alpha value is -1.72. The summed E-state index contributed by atoms with van der Waals surface area (Å²) >= 11 is 1.68. The van der Waals surface area contributed by atoms with Gasteiger partial charge in [0.15, 0.2) is 0 Å². The number of likely N-dealkylation sites (tertiary alicyclic amines) is 2. The molecule has 29 heavy (non-hydrogen) atoms. The molecule has 3 aliphatic rings. The van der Waals surface area contributed by atoms with Crippen molar-refractivity contribution < 1.29 is 4.79 Å². The lowest BCUT2D eigenvalue weighted by Crippen LogP contribution is -2.46. The number of rotatable bonds is 4. The predicted octanol–water partition coefficient (Wildman–Crippen LogP) is 4.49. The van der Waals surface area contributed by atoms with Gasteiger partial charge in [-0.1, -0.05) is 18.2 Å². The summed E-state index contributed by atoms with van der Waals surface area (Å²) in [5.74, 6) is 0.322. The van der Waals surface area contributed by atoms with Crippen LogP contribution in [0.15, 0.2) is 23.6 Å². The van der Waals surface area contributed by atoms with Gasteiger partial charge in [-0.05, 0) is 75.1 Å². The minimum atomic E-state index is 0.0429. The summed E-state index contributed by atoms with van der Waals surface area (Å²) in [5, 5.41) is 3.20. The highest BCUT2D eigenvalue weighted by atomic mass is 32.1. The van der Waals surface area contributed by atoms with Crippen molar-refractivity contribution in [3.05, 3.63) is 51.0 Å². The van der Waals surface area contributed by atoms with Crippen LogP contribution in [0.4, 0.5) is 0 Å². The van der Waals surface area contributed by atoms with Crippen molar-refractivity contribution in [1.82, 2.24) is 14.8 Å². The van der Waals surface area contributed by atoms with E-state index in [2.05, 4.69) is 38.4 Å². The molecule has 1 spiro atoms. The van der Waals surface area contributed by atoms with Gasteiger partial charge in [-0.2, -0.15) is 0 Å². The van der Waals surface area contributed by atoms with Gasteiger partial charge >= 0.3 is 0 Å². The van der Waals surface area contributed by atoms with Crippen LogP contribution in [0.3, 0.4) is 0 Å². The molecule has 3 heterocycles. The minimum absolute atomic E-state index is 0.0429. The second kappa shape index (κ2) is 7.84. The molecule has 4 nitrogen and oxygen atoms in total. The molecule has 1 aromatic heterocycles. The summed E-state index contributed by atoms with van der Waals surface area (Å²) in [5.41, 5.74) is 5.68. The number of carbonyl (C=O) groups is 1. The first-order valence-corrected chi connectivity index (χ1v) is 12.0. The van der Waals surface area contributed by atoms with Gasteiger partial charge in [-0.25, -0.2) is 4.98 Å². The van der Waals surface area contributed by atoms with E-state index >= 15 is 0 Å². The molecule has 0 bridgehead atoms. The molecule has 2 aliphatic heterocycles. The molecule has 0 radical (unpaired) electrons. The molecule has 154 valence electrons. The smallest absolute Gasteiger partial charge is 0.223 e. The first kappa shape index (κ1) is 19.3. The maximum absolute atomic E-state index is 12.7. The molecule has 1 aliphatic carbocycles. The minimum Gasteiger partial charge on any atom is -0.331 e. The quantitative estimate of drug-likeness (QED) is 0.747. The van der Waals surface area contributed by atoms with Gasteiger partial charge < -0.3 is 4.90 Å². The third-order valence-corrected chi connectivity index (χ3v) is 8.07. The van der Waals surface area contributed by atoms with E-state index in [-0.39, 0.29) is 5.54 Å². The van der Waals surface area contributed by atoms with E-state index in [4.69, 9.17) is 0 Å². The zero-order chi connectivity index (χ0) is 19.8. The van der Waals surface area contributed by atoms with Crippen LogP contribution in [0.25, 0.3) is 0 Å². The average molecular weight is 410 g/mol. The lowest BCUT2D eigenvalue weighted by atomic mass is 9.87. The summed E-state index contributed by atoms with van der Waals surface area (Å²) in [7, 11) is 0. The van der Waals surface area contributed by atoms with Gasteiger partial charge in [0.25, 0.3) is 0 Å². The van der Waals surface area contributed by atoms with Gasteiger partial charge in [0, 0.05) is 30.4 Å². The van der Waals surface area contributed by atoms with Crippen LogP contribution in [0, 0.1) is 6.92 Å². The molecule has 5 rings (SSSR count). The highest BCUT2D eigenvalue weighted by Gasteiger charge is 2.45. The van der Waals surface area contributed by atoms with Crippen molar-refractivity contribution in [2.75, 3.05) is 13.1 Å². The number of thiazole rings is 1. The average Bonchev–Trinajstić information content (AvgIpc) is 3.37. The molecular weight excluding hydrogens is 378 g/mol. The number of hydrogen-bond donors (Lipinski definition) is 0. The highest BCUT2D eigenvalue weighted by Crippen LogP contribution is 2.40. The van der Waals surface area contributed by atoms with Crippen molar-refractivity contribution in [2.45, 2.75) is 76.9 Å². The summed E-state index contributed by atoms with van der Waals surface area (Å²) in [6.45, 7) is 5.99. The molecule has 0 N–H and O–H groups in total. The lowest BCUT2D eigenvalue weighted by Gasteiger charge is -2.38. The SMILES string of the molecule is Cc1nc(CN2C(=O)CC[C@@]23CCCN(Cc2ccc4c(c2)CCC4)CC3)cs1. The molecule has 5 heteroatoms. The van der Waals surface area contributed by atoms with Crippen LogP contribution in [0.2, 0.25) is 0 Å². The first-order chi connectivity index (χ1) is 14.1.